The highest BCUT2D eigenvalue weighted by Gasteiger charge is 2.31. The molecule has 0 aromatic carbocycles. The molecule has 0 radical (unpaired) electrons. The van der Waals surface area contributed by atoms with Crippen LogP contribution in [-0.2, 0) is 4.79 Å². The van der Waals surface area contributed by atoms with Crippen molar-refractivity contribution in [1.82, 2.24) is 10.6 Å². The molecule has 3 amide bonds. The van der Waals surface area contributed by atoms with E-state index in [0.29, 0.717) is 0 Å². The van der Waals surface area contributed by atoms with Crippen LogP contribution in [0.1, 0.15) is 10.9 Å². The second kappa shape index (κ2) is 3.12. The molecule has 2 rings (SSSR count). The maximum absolute atomic E-state index is 11.2. The Labute approximate surface area is 86.5 Å². The van der Waals surface area contributed by atoms with Crippen molar-refractivity contribution < 1.29 is 9.59 Å². The Morgan fingerprint density at radius 2 is 2.23 bits per heavy atom. The first-order chi connectivity index (χ1) is 6.16. The lowest BCUT2D eigenvalue weighted by Gasteiger charge is -2.01. The third-order valence-corrected chi connectivity index (χ3v) is 3.41. The fraction of sp³-hybridized carbons (Fsp3) is 0.143. The molecule has 6 heteroatoms. The molecule has 2 N–H and O–H groups in total. The van der Waals surface area contributed by atoms with E-state index in [0.717, 1.165) is 9.35 Å². The Morgan fingerprint density at radius 3 is 2.69 bits per heavy atom. The summed E-state index contributed by atoms with van der Waals surface area (Å²) in [5.41, 5.74) is 0. The van der Waals surface area contributed by atoms with Crippen LogP contribution in [0.4, 0.5) is 4.79 Å². The summed E-state index contributed by atoms with van der Waals surface area (Å²) >= 11 is 4.71. The highest BCUT2D eigenvalue weighted by Crippen LogP contribution is 2.26. The van der Waals surface area contributed by atoms with E-state index in [-0.39, 0.29) is 5.91 Å². The molecule has 1 aromatic heterocycles. The molecular formula is C7H5BrN2O2S. The van der Waals surface area contributed by atoms with Gasteiger partial charge in [0.2, 0.25) is 0 Å². The molecule has 0 bridgehead atoms. The number of imide groups is 1. The van der Waals surface area contributed by atoms with Gasteiger partial charge in [0.25, 0.3) is 5.91 Å². The zero-order valence-corrected chi connectivity index (χ0v) is 8.74. The summed E-state index contributed by atoms with van der Waals surface area (Å²) in [4.78, 5) is 22.8. The predicted octanol–water partition coefficient (Wildman–Crippen LogP) is 1.39. The van der Waals surface area contributed by atoms with Crippen molar-refractivity contribution in [2.45, 2.75) is 6.04 Å². The van der Waals surface area contributed by atoms with Crippen molar-refractivity contribution in [3.05, 3.63) is 20.8 Å². The second-order valence-electron chi connectivity index (χ2n) is 2.56. The average molecular weight is 261 g/mol. The normalized spacial score (nSPS) is 21.5. The van der Waals surface area contributed by atoms with E-state index >= 15 is 0 Å². The molecule has 68 valence electrons. The number of carbonyl (C=O) groups excluding carboxylic acids is 2. The van der Waals surface area contributed by atoms with Crippen LogP contribution in [-0.4, -0.2) is 11.9 Å². The molecule has 13 heavy (non-hydrogen) atoms. The molecule has 0 saturated carbocycles. The Hall–Kier alpha value is -0.880. The van der Waals surface area contributed by atoms with Gasteiger partial charge in [-0.15, -0.1) is 11.3 Å². The van der Waals surface area contributed by atoms with Gasteiger partial charge in [0.1, 0.15) is 6.04 Å². The Balaban J connectivity index is 2.27. The Bertz CT molecular complexity index is 376. The van der Waals surface area contributed by atoms with E-state index in [2.05, 4.69) is 26.6 Å². The van der Waals surface area contributed by atoms with Crippen molar-refractivity contribution in [2.75, 3.05) is 0 Å². The lowest BCUT2D eigenvalue weighted by Crippen LogP contribution is -2.22. The molecule has 0 spiro atoms. The third kappa shape index (κ3) is 1.59. The molecule has 1 saturated heterocycles. The molecule has 1 atom stereocenters. The summed E-state index contributed by atoms with van der Waals surface area (Å²) in [6.07, 6.45) is 0. The number of rotatable bonds is 1. The fourth-order valence-corrected chi connectivity index (χ4v) is 2.59. The minimum Gasteiger partial charge on any atom is -0.321 e. The molecular weight excluding hydrogens is 256 g/mol. The van der Waals surface area contributed by atoms with Crippen LogP contribution in [0.2, 0.25) is 0 Å². The van der Waals surface area contributed by atoms with Crippen molar-refractivity contribution in [1.29, 1.82) is 0 Å². The van der Waals surface area contributed by atoms with Crippen molar-refractivity contribution in [3.8, 4) is 0 Å². The number of halogens is 1. The van der Waals surface area contributed by atoms with E-state index in [1.807, 2.05) is 11.4 Å². The van der Waals surface area contributed by atoms with Crippen LogP contribution in [0.25, 0.3) is 0 Å². The first-order valence-electron chi connectivity index (χ1n) is 3.52. The topological polar surface area (TPSA) is 58.2 Å². The van der Waals surface area contributed by atoms with Crippen molar-refractivity contribution >= 4 is 39.2 Å². The monoisotopic (exact) mass is 260 g/mol. The van der Waals surface area contributed by atoms with E-state index in [1.165, 1.54) is 11.3 Å². The van der Waals surface area contributed by atoms with E-state index in [4.69, 9.17) is 0 Å². The smallest absolute Gasteiger partial charge is 0.321 e. The van der Waals surface area contributed by atoms with Crippen LogP contribution in [0.15, 0.2) is 15.9 Å². The van der Waals surface area contributed by atoms with Crippen LogP contribution in [0.3, 0.4) is 0 Å². The number of carbonyl (C=O) groups is 2. The highest BCUT2D eigenvalue weighted by atomic mass is 79.9. The summed E-state index contributed by atoms with van der Waals surface area (Å²) in [7, 11) is 0. The molecule has 4 nitrogen and oxygen atoms in total. The molecule has 1 aliphatic rings. The standard InChI is InChI=1S/C7H5BrN2O2S/c8-3-1-4(13-2-3)5-6(11)10-7(12)9-5/h1-2,5H,(H2,9,10,11,12). The van der Waals surface area contributed by atoms with Crippen LogP contribution >= 0.6 is 27.3 Å². The maximum atomic E-state index is 11.2. The summed E-state index contributed by atoms with van der Waals surface area (Å²) < 4.78 is 0.918. The zero-order valence-electron chi connectivity index (χ0n) is 6.33. The minimum absolute atomic E-state index is 0.292. The summed E-state index contributed by atoms with van der Waals surface area (Å²) in [5, 5.41) is 6.57. The maximum Gasteiger partial charge on any atom is 0.322 e. The average Bonchev–Trinajstić information content (AvgIpc) is 2.58. The summed E-state index contributed by atoms with van der Waals surface area (Å²) in [5.74, 6) is -0.292. The predicted molar refractivity (Wildman–Crippen MR) is 51.4 cm³/mol. The Kier molecular flexibility index (Phi) is 2.09. The number of amides is 3. The highest BCUT2D eigenvalue weighted by molar-refractivity contribution is 9.10. The fourth-order valence-electron chi connectivity index (χ4n) is 1.10. The minimum atomic E-state index is -0.524. The first kappa shape index (κ1) is 8.71. The van der Waals surface area contributed by atoms with Crippen molar-refractivity contribution in [2.24, 2.45) is 0 Å². The molecule has 1 fully saturated rings. The summed E-state index contributed by atoms with van der Waals surface area (Å²) in [6, 6.07) is 0.865. The SMILES string of the molecule is O=C1NC(=O)C(c2cc(Br)cs2)N1. The quantitative estimate of drug-likeness (QED) is 0.750. The third-order valence-electron chi connectivity index (χ3n) is 1.65. The molecule has 2 heterocycles. The number of nitrogens with one attached hydrogen (secondary N) is 2. The number of hydrogen-bond donors (Lipinski definition) is 2. The van der Waals surface area contributed by atoms with E-state index in [1.54, 1.807) is 0 Å². The van der Waals surface area contributed by atoms with Gasteiger partial charge in [-0.2, -0.15) is 0 Å². The first-order valence-corrected chi connectivity index (χ1v) is 5.19. The lowest BCUT2D eigenvalue weighted by atomic mass is 10.2. The van der Waals surface area contributed by atoms with Gasteiger partial charge in [0.05, 0.1) is 0 Å². The largest absolute Gasteiger partial charge is 0.322 e. The van der Waals surface area contributed by atoms with E-state index < -0.39 is 12.1 Å². The van der Waals surface area contributed by atoms with Crippen LogP contribution in [0, 0.1) is 0 Å². The van der Waals surface area contributed by atoms with Crippen LogP contribution < -0.4 is 10.6 Å². The second-order valence-corrected chi connectivity index (χ2v) is 4.42. The van der Waals surface area contributed by atoms with Gasteiger partial charge in [0, 0.05) is 14.7 Å². The Morgan fingerprint density at radius 1 is 1.46 bits per heavy atom. The zero-order chi connectivity index (χ0) is 9.42. The van der Waals surface area contributed by atoms with Gasteiger partial charge in [-0.3, -0.25) is 10.1 Å². The van der Waals surface area contributed by atoms with Gasteiger partial charge < -0.3 is 5.32 Å². The van der Waals surface area contributed by atoms with Crippen molar-refractivity contribution in [3.63, 3.8) is 0 Å². The van der Waals surface area contributed by atoms with E-state index in [9.17, 15) is 9.59 Å². The molecule has 1 aromatic rings. The molecule has 1 unspecified atom stereocenters. The number of hydrogen-bond acceptors (Lipinski definition) is 3. The van der Waals surface area contributed by atoms with Crippen LogP contribution in [0.5, 0.6) is 0 Å². The number of thiophene rings is 1. The molecule has 1 aliphatic heterocycles. The van der Waals surface area contributed by atoms with Gasteiger partial charge in [-0.1, -0.05) is 0 Å². The molecule has 0 aliphatic carbocycles. The number of urea groups is 1. The lowest BCUT2D eigenvalue weighted by molar-refractivity contribution is -0.120. The van der Waals surface area contributed by atoms with Gasteiger partial charge in [0.15, 0.2) is 0 Å². The van der Waals surface area contributed by atoms with Gasteiger partial charge in [-0.25, -0.2) is 4.79 Å². The van der Waals surface area contributed by atoms with Gasteiger partial charge >= 0.3 is 6.03 Å². The summed E-state index contributed by atoms with van der Waals surface area (Å²) in [6.45, 7) is 0. The van der Waals surface area contributed by atoms with Gasteiger partial charge in [-0.05, 0) is 22.0 Å².